The van der Waals surface area contributed by atoms with Gasteiger partial charge in [0, 0.05) is 22.0 Å². The number of aromatic nitrogens is 1. The minimum absolute atomic E-state index is 0.0939. The highest BCUT2D eigenvalue weighted by Gasteiger charge is 2.12. The Morgan fingerprint density at radius 2 is 2.43 bits per heavy atom. The molecular formula is C9H10Br2N2O. The van der Waals surface area contributed by atoms with Crippen LogP contribution in [-0.4, -0.2) is 22.3 Å². The fraction of sp³-hybridized carbons (Fsp3) is 0.333. The number of hydrogen-bond acceptors (Lipinski definition) is 2. The summed E-state index contributed by atoms with van der Waals surface area (Å²) in [5.74, 6) is -0.163. The number of nitrogens with zero attached hydrogens (tertiary/aromatic N) is 1. The van der Waals surface area contributed by atoms with Crippen LogP contribution in [0.25, 0.3) is 0 Å². The predicted octanol–water partition coefficient (Wildman–Crippen LogP) is 2.36. The summed E-state index contributed by atoms with van der Waals surface area (Å²) < 4.78 is 0.708. The number of hydrogen-bond donors (Lipinski definition) is 1. The highest BCUT2D eigenvalue weighted by Crippen LogP contribution is 2.12. The fourth-order valence-corrected chi connectivity index (χ4v) is 1.48. The van der Waals surface area contributed by atoms with Crippen LogP contribution < -0.4 is 5.32 Å². The lowest BCUT2D eigenvalue weighted by molar-refractivity contribution is 0.0938. The van der Waals surface area contributed by atoms with E-state index in [0.29, 0.717) is 10.2 Å². The van der Waals surface area contributed by atoms with Crippen LogP contribution in [0.3, 0.4) is 0 Å². The van der Waals surface area contributed by atoms with Crippen molar-refractivity contribution in [1.29, 1.82) is 0 Å². The lowest BCUT2D eigenvalue weighted by atomic mass is 10.3. The highest BCUT2D eigenvalue weighted by molar-refractivity contribution is 9.10. The number of carbonyl (C=O) groups excluding carboxylic acids is 1. The zero-order valence-corrected chi connectivity index (χ0v) is 10.8. The van der Waals surface area contributed by atoms with E-state index in [9.17, 15) is 4.79 Å². The zero-order valence-electron chi connectivity index (χ0n) is 7.63. The summed E-state index contributed by atoms with van der Waals surface area (Å²) in [6.07, 6.45) is 1.60. The molecule has 0 saturated heterocycles. The van der Waals surface area contributed by atoms with Crippen molar-refractivity contribution in [2.45, 2.75) is 13.0 Å². The van der Waals surface area contributed by atoms with Crippen molar-refractivity contribution >= 4 is 37.8 Å². The summed E-state index contributed by atoms with van der Waals surface area (Å²) in [4.78, 5) is 15.6. The largest absolute Gasteiger partial charge is 0.347 e. The quantitative estimate of drug-likeness (QED) is 0.868. The van der Waals surface area contributed by atoms with Crippen LogP contribution >= 0.6 is 31.9 Å². The molecule has 0 saturated carbocycles. The Balaban J connectivity index is 2.75. The summed E-state index contributed by atoms with van der Waals surface area (Å²) >= 11 is 6.56. The van der Waals surface area contributed by atoms with E-state index < -0.39 is 0 Å². The number of pyridine rings is 1. The Labute approximate surface area is 99.6 Å². The first kappa shape index (κ1) is 11.7. The molecular weight excluding hydrogens is 312 g/mol. The molecule has 1 atom stereocenters. The first-order valence-electron chi connectivity index (χ1n) is 4.12. The number of carbonyl (C=O) groups is 1. The average molecular weight is 322 g/mol. The lowest BCUT2D eigenvalue weighted by Gasteiger charge is -2.10. The second kappa shape index (κ2) is 5.46. The maximum Gasteiger partial charge on any atom is 0.271 e. The molecule has 1 aromatic heterocycles. The van der Waals surface area contributed by atoms with Gasteiger partial charge in [-0.15, -0.1) is 0 Å². The highest BCUT2D eigenvalue weighted by atomic mass is 79.9. The van der Waals surface area contributed by atoms with Gasteiger partial charge >= 0.3 is 0 Å². The minimum atomic E-state index is -0.163. The molecule has 0 fully saturated rings. The summed E-state index contributed by atoms with van der Waals surface area (Å²) in [6.45, 7) is 1.92. The SMILES string of the molecule is CC(CBr)NC(=O)c1ncccc1Br. The molecule has 14 heavy (non-hydrogen) atoms. The third-order valence-corrected chi connectivity index (χ3v) is 3.19. The van der Waals surface area contributed by atoms with Gasteiger partial charge in [0.2, 0.25) is 0 Å². The van der Waals surface area contributed by atoms with Crippen molar-refractivity contribution in [2.24, 2.45) is 0 Å². The van der Waals surface area contributed by atoms with Crippen LogP contribution in [0.1, 0.15) is 17.4 Å². The first-order chi connectivity index (χ1) is 6.65. The Hall–Kier alpha value is -0.420. The Bertz CT molecular complexity index is 330. The zero-order chi connectivity index (χ0) is 10.6. The maximum atomic E-state index is 11.6. The van der Waals surface area contributed by atoms with E-state index >= 15 is 0 Å². The second-order valence-electron chi connectivity index (χ2n) is 2.86. The predicted molar refractivity (Wildman–Crippen MR) is 62.7 cm³/mol. The van der Waals surface area contributed by atoms with Gasteiger partial charge in [0.25, 0.3) is 5.91 Å². The molecule has 1 N–H and O–H groups in total. The van der Waals surface area contributed by atoms with E-state index in [1.807, 2.05) is 6.92 Å². The molecule has 5 heteroatoms. The smallest absolute Gasteiger partial charge is 0.271 e. The minimum Gasteiger partial charge on any atom is -0.347 e. The molecule has 1 rings (SSSR count). The maximum absolute atomic E-state index is 11.6. The molecule has 0 aliphatic rings. The molecule has 0 aliphatic carbocycles. The fourth-order valence-electron chi connectivity index (χ4n) is 0.883. The molecule has 0 aromatic carbocycles. The standard InChI is InChI=1S/C9H10Br2N2O/c1-6(5-10)13-9(14)8-7(11)3-2-4-12-8/h2-4,6H,5H2,1H3,(H,13,14). The third kappa shape index (κ3) is 3.06. The number of alkyl halides is 1. The van der Waals surface area contributed by atoms with E-state index in [1.165, 1.54) is 0 Å². The van der Waals surface area contributed by atoms with Gasteiger partial charge in [-0.1, -0.05) is 15.9 Å². The molecule has 3 nitrogen and oxygen atoms in total. The van der Waals surface area contributed by atoms with E-state index in [0.717, 1.165) is 5.33 Å². The van der Waals surface area contributed by atoms with Crippen LogP contribution in [-0.2, 0) is 0 Å². The molecule has 1 unspecified atom stereocenters. The Kier molecular flexibility index (Phi) is 4.54. The summed E-state index contributed by atoms with van der Waals surface area (Å²) in [5.41, 5.74) is 0.417. The second-order valence-corrected chi connectivity index (χ2v) is 4.36. The van der Waals surface area contributed by atoms with Gasteiger partial charge in [0.1, 0.15) is 5.69 Å². The monoisotopic (exact) mass is 320 g/mol. The van der Waals surface area contributed by atoms with Crippen LogP contribution in [0.5, 0.6) is 0 Å². The normalized spacial score (nSPS) is 12.2. The molecule has 1 aromatic rings. The molecule has 0 radical (unpaired) electrons. The number of nitrogens with one attached hydrogen (secondary N) is 1. The molecule has 0 spiro atoms. The molecule has 0 bridgehead atoms. The molecule has 1 amide bonds. The summed E-state index contributed by atoms with van der Waals surface area (Å²) in [7, 11) is 0. The van der Waals surface area contributed by atoms with Crippen molar-refractivity contribution < 1.29 is 4.79 Å². The Morgan fingerprint density at radius 1 is 1.71 bits per heavy atom. The average Bonchev–Trinajstić information content (AvgIpc) is 2.18. The van der Waals surface area contributed by atoms with Gasteiger partial charge < -0.3 is 5.32 Å². The molecule has 0 aliphatic heterocycles. The van der Waals surface area contributed by atoms with Crippen molar-refractivity contribution in [3.63, 3.8) is 0 Å². The van der Waals surface area contributed by atoms with E-state index in [4.69, 9.17) is 0 Å². The van der Waals surface area contributed by atoms with E-state index in [-0.39, 0.29) is 11.9 Å². The topological polar surface area (TPSA) is 42.0 Å². The van der Waals surface area contributed by atoms with Gasteiger partial charge in [-0.25, -0.2) is 4.98 Å². The summed E-state index contributed by atoms with van der Waals surface area (Å²) in [6, 6.07) is 3.66. The van der Waals surface area contributed by atoms with Gasteiger partial charge in [-0.3, -0.25) is 4.79 Å². The van der Waals surface area contributed by atoms with E-state index in [2.05, 4.69) is 42.2 Å². The van der Waals surface area contributed by atoms with Crippen LogP contribution in [0, 0.1) is 0 Å². The van der Waals surface area contributed by atoms with Crippen molar-refractivity contribution in [3.8, 4) is 0 Å². The van der Waals surface area contributed by atoms with Crippen molar-refractivity contribution in [2.75, 3.05) is 5.33 Å². The van der Waals surface area contributed by atoms with Gasteiger partial charge in [0.15, 0.2) is 0 Å². The third-order valence-electron chi connectivity index (χ3n) is 1.58. The van der Waals surface area contributed by atoms with Crippen LogP contribution in [0.15, 0.2) is 22.8 Å². The lowest BCUT2D eigenvalue weighted by Crippen LogP contribution is -2.34. The summed E-state index contributed by atoms with van der Waals surface area (Å²) in [5, 5.41) is 3.53. The van der Waals surface area contributed by atoms with Crippen LogP contribution in [0.2, 0.25) is 0 Å². The molecule has 1 heterocycles. The van der Waals surface area contributed by atoms with Gasteiger partial charge in [-0.2, -0.15) is 0 Å². The number of amides is 1. The van der Waals surface area contributed by atoms with E-state index in [1.54, 1.807) is 18.3 Å². The molecule has 76 valence electrons. The van der Waals surface area contributed by atoms with Crippen LogP contribution in [0.4, 0.5) is 0 Å². The van der Waals surface area contributed by atoms with Gasteiger partial charge in [-0.05, 0) is 35.0 Å². The van der Waals surface area contributed by atoms with Gasteiger partial charge in [0.05, 0.1) is 0 Å². The number of rotatable bonds is 3. The number of halogens is 2. The Morgan fingerprint density at radius 3 is 3.00 bits per heavy atom. The van der Waals surface area contributed by atoms with Crippen molar-refractivity contribution in [3.05, 3.63) is 28.5 Å². The van der Waals surface area contributed by atoms with Crippen molar-refractivity contribution in [1.82, 2.24) is 10.3 Å². The first-order valence-corrected chi connectivity index (χ1v) is 6.04.